The van der Waals surface area contributed by atoms with Crippen LogP contribution >= 0.6 is 43.5 Å². The molecule has 0 aliphatic carbocycles. The zero-order chi connectivity index (χ0) is 14.0. The van der Waals surface area contributed by atoms with Crippen LogP contribution in [0.25, 0.3) is 0 Å². The summed E-state index contributed by atoms with van der Waals surface area (Å²) in [4.78, 5) is 0. The molecule has 0 radical (unpaired) electrons. The van der Waals surface area contributed by atoms with Crippen LogP contribution < -0.4 is 0 Å². The Labute approximate surface area is 135 Å². The lowest BCUT2D eigenvalue weighted by Crippen LogP contribution is -2.09. The van der Waals surface area contributed by atoms with Gasteiger partial charge >= 0.3 is 0 Å². The number of aryl methyl sites for hydroxylation is 2. The molecule has 0 aliphatic heterocycles. The molecule has 0 N–H and O–H groups in total. The number of halogens is 3. The minimum absolute atomic E-state index is 0.292. The summed E-state index contributed by atoms with van der Waals surface area (Å²) in [5, 5.41) is 4.42. The number of nitrogens with zero attached hydrogens (tertiary/aromatic N) is 2. The van der Waals surface area contributed by atoms with Crippen LogP contribution in [0.5, 0.6) is 0 Å². The molecule has 5 heteroatoms. The Morgan fingerprint density at radius 3 is 2.37 bits per heavy atom. The van der Waals surface area contributed by atoms with Gasteiger partial charge in [0.05, 0.1) is 15.9 Å². The van der Waals surface area contributed by atoms with E-state index in [1.807, 2.05) is 18.7 Å². The first-order valence-electron chi connectivity index (χ1n) is 6.02. The fraction of sp³-hybridized carbons (Fsp3) is 0.357. The predicted octanol–water partition coefficient (Wildman–Crippen LogP) is 4.82. The van der Waals surface area contributed by atoms with Crippen LogP contribution in [0.1, 0.15) is 22.9 Å². The Balaban J connectivity index is 2.26. The van der Waals surface area contributed by atoms with E-state index in [1.54, 1.807) is 0 Å². The highest BCUT2D eigenvalue weighted by atomic mass is 79.9. The summed E-state index contributed by atoms with van der Waals surface area (Å²) >= 11 is 13.2. The zero-order valence-electron chi connectivity index (χ0n) is 10.8. The molecule has 0 amide bonds. The standard InChI is InChI=1S/C14H15Br2ClN2/c1-9-14(16)13(19(2)18-9)7-11(8-17)10-3-5-12(15)6-4-10/h3-6,11H,7-8H2,1-2H3. The molecule has 2 nitrogen and oxygen atoms in total. The first-order chi connectivity index (χ1) is 9.02. The third-order valence-electron chi connectivity index (χ3n) is 3.23. The lowest BCUT2D eigenvalue weighted by atomic mass is 9.96. The zero-order valence-corrected chi connectivity index (χ0v) is 14.8. The van der Waals surface area contributed by atoms with Crippen LogP contribution in [-0.2, 0) is 13.5 Å². The van der Waals surface area contributed by atoms with E-state index >= 15 is 0 Å². The van der Waals surface area contributed by atoms with Crippen LogP contribution in [0.3, 0.4) is 0 Å². The highest BCUT2D eigenvalue weighted by Gasteiger charge is 2.17. The van der Waals surface area contributed by atoms with E-state index in [0.717, 1.165) is 21.1 Å². The van der Waals surface area contributed by atoms with Gasteiger partial charge < -0.3 is 0 Å². The lowest BCUT2D eigenvalue weighted by Gasteiger charge is -2.15. The van der Waals surface area contributed by atoms with E-state index in [1.165, 1.54) is 11.3 Å². The summed E-state index contributed by atoms with van der Waals surface area (Å²) in [5.41, 5.74) is 3.46. The van der Waals surface area contributed by atoms with Crippen molar-refractivity contribution in [3.8, 4) is 0 Å². The number of rotatable bonds is 4. The van der Waals surface area contributed by atoms with Gasteiger partial charge in [0.15, 0.2) is 0 Å². The van der Waals surface area contributed by atoms with Crippen LogP contribution in [0, 0.1) is 6.92 Å². The molecule has 2 rings (SSSR count). The molecular formula is C14H15Br2ClN2. The molecule has 0 fully saturated rings. The van der Waals surface area contributed by atoms with Crippen LogP contribution in [0.4, 0.5) is 0 Å². The van der Waals surface area contributed by atoms with Gasteiger partial charge in [-0.05, 0) is 47.0 Å². The molecule has 102 valence electrons. The molecule has 0 saturated heterocycles. The van der Waals surface area contributed by atoms with Crippen molar-refractivity contribution < 1.29 is 0 Å². The minimum Gasteiger partial charge on any atom is -0.271 e. The van der Waals surface area contributed by atoms with Crippen molar-refractivity contribution in [1.29, 1.82) is 0 Å². The molecule has 1 aromatic carbocycles. The summed E-state index contributed by atoms with van der Waals surface area (Å²) in [5.74, 6) is 0.888. The summed E-state index contributed by atoms with van der Waals surface area (Å²) in [6.45, 7) is 2.00. The van der Waals surface area contributed by atoms with Crippen LogP contribution in [0.2, 0.25) is 0 Å². The van der Waals surface area contributed by atoms with Gasteiger partial charge in [0.25, 0.3) is 0 Å². The van der Waals surface area contributed by atoms with Gasteiger partial charge in [-0.25, -0.2) is 0 Å². The van der Waals surface area contributed by atoms with Crippen molar-refractivity contribution in [2.45, 2.75) is 19.3 Å². The Bertz CT molecular complexity index is 564. The number of aromatic nitrogens is 2. The number of alkyl halides is 1. The molecule has 1 atom stereocenters. The first-order valence-corrected chi connectivity index (χ1v) is 8.14. The number of benzene rings is 1. The Kier molecular flexibility index (Phi) is 5.09. The van der Waals surface area contributed by atoms with Crippen molar-refractivity contribution in [3.05, 3.63) is 50.2 Å². The van der Waals surface area contributed by atoms with E-state index in [2.05, 4.69) is 61.2 Å². The maximum Gasteiger partial charge on any atom is 0.0738 e. The molecule has 1 heterocycles. The van der Waals surface area contributed by atoms with E-state index in [0.29, 0.717) is 11.8 Å². The average Bonchev–Trinajstić information content (AvgIpc) is 2.63. The Morgan fingerprint density at radius 1 is 1.26 bits per heavy atom. The maximum atomic E-state index is 6.15. The van der Waals surface area contributed by atoms with Crippen molar-refractivity contribution >= 4 is 43.5 Å². The quantitative estimate of drug-likeness (QED) is 0.666. The maximum absolute atomic E-state index is 6.15. The molecule has 0 saturated carbocycles. The fourth-order valence-electron chi connectivity index (χ4n) is 2.13. The number of hydrogen-bond donors (Lipinski definition) is 0. The largest absolute Gasteiger partial charge is 0.271 e. The fourth-order valence-corrected chi connectivity index (χ4v) is 3.18. The van der Waals surface area contributed by atoms with Gasteiger partial charge in [-0.1, -0.05) is 28.1 Å². The third-order valence-corrected chi connectivity index (χ3v) is 5.16. The molecule has 19 heavy (non-hydrogen) atoms. The molecule has 0 aliphatic rings. The summed E-state index contributed by atoms with van der Waals surface area (Å²) in [6.07, 6.45) is 0.878. The second-order valence-electron chi connectivity index (χ2n) is 4.58. The van der Waals surface area contributed by atoms with Crippen molar-refractivity contribution in [1.82, 2.24) is 9.78 Å². The Morgan fingerprint density at radius 2 is 1.89 bits per heavy atom. The van der Waals surface area contributed by atoms with Gasteiger partial charge in [-0.3, -0.25) is 4.68 Å². The molecule has 1 aromatic heterocycles. The van der Waals surface area contributed by atoms with Crippen LogP contribution in [0.15, 0.2) is 33.2 Å². The second-order valence-corrected chi connectivity index (χ2v) is 6.59. The van der Waals surface area contributed by atoms with Crippen molar-refractivity contribution in [2.24, 2.45) is 7.05 Å². The van der Waals surface area contributed by atoms with E-state index in [9.17, 15) is 0 Å². The highest BCUT2D eigenvalue weighted by molar-refractivity contribution is 9.10. The van der Waals surface area contributed by atoms with E-state index in [-0.39, 0.29) is 0 Å². The monoisotopic (exact) mass is 404 g/mol. The molecule has 1 unspecified atom stereocenters. The first kappa shape index (κ1) is 15.1. The molecule has 0 bridgehead atoms. The van der Waals surface area contributed by atoms with Crippen molar-refractivity contribution in [3.63, 3.8) is 0 Å². The van der Waals surface area contributed by atoms with Gasteiger partial charge in [-0.15, -0.1) is 11.6 Å². The third kappa shape index (κ3) is 3.41. The number of hydrogen-bond acceptors (Lipinski definition) is 1. The normalized spacial score (nSPS) is 12.7. The average molecular weight is 407 g/mol. The van der Waals surface area contributed by atoms with Gasteiger partial charge in [0.1, 0.15) is 0 Å². The minimum atomic E-state index is 0.292. The summed E-state index contributed by atoms with van der Waals surface area (Å²) < 4.78 is 4.10. The topological polar surface area (TPSA) is 17.8 Å². The second kappa shape index (κ2) is 6.42. The van der Waals surface area contributed by atoms with Crippen molar-refractivity contribution in [2.75, 3.05) is 5.88 Å². The Hall–Kier alpha value is -0.320. The van der Waals surface area contributed by atoms with Gasteiger partial charge in [0, 0.05) is 23.3 Å². The highest BCUT2D eigenvalue weighted by Crippen LogP contribution is 2.28. The summed E-state index contributed by atoms with van der Waals surface area (Å²) in [7, 11) is 1.97. The summed E-state index contributed by atoms with van der Waals surface area (Å²) in [6, 6.07) is 8.35. The predicted molar refractivity (Wildman–Crippen MR) is 87.0 cm³/mol. The smallest absolute Gasteiger partial charge is 0.0738 e. The van der Waals surface area contributed by atoms with Gasteiger partial charge in [0.2, 0.25) is 0 Å². The van der Waals surface area contributed by atoms with E-state index in [4.69, 9.17) is 11.6 Å². The SMILES string of the molecule is Cc1nn(C)c(CC(CCl)c2ccc(Br)cc2)c1Br. The molecule has 0 spiro atoms. The molecule has 2 aromatic rings. The molecular weight excluding hydrogens is 391 g/mol. The van der Waals surface area contributed by atoms with Crippen LogP contribution in [-0.4, -0.2) is 15.7 Å². The van der Waals surface area contributed by atoms with E-state index < -0.39 is 0 Å². The lowest BCUT2D eigenvalue weighted by molar-refractivity contribution is 0.656. The van der Waals surface area contributed by atoms with Gasteiger partial charge in [-0.2, -0.15) is 5.10 Å².